The molecule has 0 unspecified atom stereocenters. The van der Waals surface area contributed by atoms with Crippen molar-refractivity contribution in [2.24, 2.45) is 0 Å². The molecule has 2 heterocycles. The summed E-state index contributed by atoms with van der Waals surface area (Å²) in [6.07, 6.45) is 0.634. The van der Waals surface area contributed by atoms with Crippen LogP contribution in [0.1, 0.15) is 23.9 Å². The van der Waals surface area contributed by atoms with E-state index in [2.05, 4.69) is 20.4 Å². The Kier molecular flexibility index (Phi) is 6.08. The molecule has 0 bridgehead atoms. The highest BCUT2D eigenvalue weighted by molar-refractivity contribution is 7.99. The first-order valence-electron chi connectivity index (χ1n) is 8.64. The maximum Gasteiger partial charge on any atom is 0.252 e. The van der Waals surface area contributed by atoms with Crippen LogP contribution in [0, 0.1) is 6.92 Å². The molecule has 3 aromatic rings. The minimum absolute atomic E-state index is 0.133. The van der Waals surface area contributed by atoms with E-state index in [-0.39, 0.29) is 11.5 Å². The molecule has 0 aliphatic carbocycles. The van der Waals surface area contributed by atoms with Crippen molar-refractivity contribution in [2.75, 3.05) is 11.1 Å². The number of hydrogen-bond donors (Lipinski definition) is 2. The Morgan fingerprint density at radius 1 is 1.26 bits per heavy atom. The fourth-order valence-corrected chi connectivity index (χ4v) is 3.33. The first kappa shape index (κ1) is 18.9. The van der Waals surface area contributed by atoms with E-state index in [9.17, 15) is 9.59 Å². The third-order valence-corrected chi connectivity index (χ3v) is 4.79. The van der Waals surface area contributed by atoms with Gasteiger partial charge in [-0.25, -0.2) is 4.98 Å². The van der Waals surface area contributed by atoms with Crippen molar-refractivity contribution >= 4 is 23.5 Å². The summed E-state index contributed by atoms with van der Waals surface area (Å²) in [5.41, 5.74) is 2.31. The molecule has 0 radical (unpaired) electrons. The molecule has 140 valence electrons. The van der Waals surface area contributed by atoms with Crippen LogP contribution in [0.5, 0.6) is 0 Å². The lowest BCUT2D eigenvalue weighted by molar-refractivity contribution is -0.113. The largest absolute Gasteiger partial charge is 0.310 e. The van der Waals surface area contributed by atoms with Gasteiger partial charge in [0.05, 0.1) is 11.4 Å². The second-order valence-electron chi connectivity index (χ2n) is 6.02. The van der Waals surface area contributed by atoms with Crippen LogP contribution in [0.4, 0.5) is 5.82 Å². The number of nitrogens with zero attached hydrogens (tertiary/aromatic N) is 3. The molecule has 7 nitrogen and oxygen atoms in total. The summed E-state index contributed by atoms with van der Waals surface area (Å²) in [6.45, 7) is 3.74. The Hall–Kier alpha value is -2.87. The van der Waals surface area contributed by atoms with Gasteiger partial charge >= 0.3 is 0 Å². The van der Waals surface area contributed by atoms with Gasteiger partial charge in [0, 0.05) is 23.6 Å². The molecule has 0 saturated carbocycles. The predicted molar refractivity (Wildman–Crippen MR) is 107 cm³/mol. The first-order valence-corrected chi connectivity index (χ1v) is 9.79. The summed E-state index contributed by atoms with van der Waals surface area (Å²) in [6, 6.07) is 13.2. The van der Waals surface area contributed by atoms with Crippen molar-refractivity contribution in [3.63, 3.8) is 0 Å². The zero-order valence-corrected chi connectivity index (χ0v) is 16.0. The van der Waals surface area contributed by atoms with Crippen LogP contribution in [0.2, 0.25) is 0 Å². The van der Waals surface area contributed by atoms with E-state index < -0.39 is 0 Å². The van der Waals surface area contributed by atoms with Crippen LogP contribution in [0.3, 0.4) is 0 Å². The standard InChI is InChI=1S/C19H21N5O2S/c1-3-15-10-17(25)22-19(20-15)24-16(9-13(2)23-24)21-18(26)12-27-11-14-7-5-4-6-8-14/h4-10H,3,11-12H2,1-2H3,(H,21,26)(H,20,22,25). The minimum Gasteiger partial charge on any atom is -0.310 e. The summed E-state index contributed by atoms with van der Waals surface area (Å²) in [5.74, 6) is 1.72. The molecular formula is C19H21N5O2S. The Morgan fingerprint density at radius 3 is 2.78 bits per heavy atom. The molecule has 8 heteroatoms. The Bertz CT molecular complexity index is 981. The smallest absolute Gasteiger partial charge is 0.252 e. The molecule has 0 spiro atoms. The third-order valence-electron chi connectivity index (χ3n) is 3.79. The molecule has 27 heavy (non-hydrogen) atoms. The number of aromatic amines is 1. The molecule has 0 aliphatic heterocycles. The molecular weight excluding hydrogens is 362 g/mol. The van der Waals surface area contributed by atoms with Crippen LogP contribution < -0.4 is 10.9 Å². The Balaban J connectivity index is 1.69. The average molecular weight is 383 g/mol. The number of aryl methyl sites for hydroxylation is 2. The van der Waals surface area contributed by atoms with Gasteiger partial charge < -0.3 is 5.32 Å². The Labute approximate surface area is 161 Å². The molecule has 0 saturated heterocycles. The van der Waals surface area contributed by atoms with Gasteiger partial charge in [-0.2, -0.15) is 9.78 Å². The Morgan fingerprint density at radius 2 is 2.04 bits per heavy atom. The lowest BCUT2D eigenvalue weighted by Gasteiger charge is -2.09. The number of benzene rings is 1. The van der Waals surface area contributed by atoms with Crippen molar-refractivity contribution < 1.29 is 4.79 Å². The molecule has 0 aliphatic rings. The average Bonchev–Trinajstić information content (AvgIpc) is 3.02. The molecule has 2 N–H and O–H groups in total. The van der Waals surface area contributed by atoms with Crippen molar-refractivity contribution in [1.82, 2.24) is 19.7 Å². The summed E-state index contributed by atoms with van der Waals surface area (Å²) < 4.78 is 1.45. The number of carbonyl (C=O) groups excluding carboxylic acids is 1. The molecule has 2 aromatic heterocycles. The second kappa shape index (κ2) is 8.68. The van der Waals surface area contributed by atoms with Gasteiger partial charge in [0.25, 0.3) is 5.56 Å². The maximum atomic E-state index is 12.3. The molecule has 1 aromatic carbocycles. The zero-order valence-electron chi connectivity index (χ0n) is 15.2. The zero-order chi connectivity index (χ0) is 19.2. The monoisotopic (exact) mass is 383 g/mol. The summed E-state index contributed by atoms with van der Waals surface area (Å²) in [4.78, 5) is 31.2. The van der Waals surface area contributed by atoms with E-state index in [0.29, 0.717) is 35.3 Å². The maximum absolute atomic E-state index is 12.3. The van der Waals surface area contributed by atoms with E-state index in [0.717, 1.165) is 5.75 Å². The van der Waals surface area contributed by atoms with Gasteiger partial charge in [-0.05, 0) is 18.9 Å². The molecule has 3 rings (SSSR count). The summed E-state index contributed by atoms with van der Waals surface area (Å²) in [5, 5.41) is 7.19. The second-order valence-corrected chi connectivity index (χ2v) is 7.01. The number of rotatable bonds is 7. The van der Waals surface area contributed by atoms with E-state index in [1.807, 2.05) is 44.2 Å². The molecule has 0 fully saturated rings. The lowest BCUT2D eigenvalue weighted by atomic mass is 10.2. The van der Waals surface area contributed by atoms with Crippen LogP contribution in [-0.4, -0.2) is 31.4 Å². The minimum atomic E-state index is -0.249. The number of H-pyrrole nitrogens is 1. The highest BCUT2D eigenvalue weighted by Gasteiger charge is 2.13. The lowest BCUT2D eigenvalue weighted by Crippen LogP contribution is -2.20. The number of amides is 1. The predicted octanol–water partition coefficient (Wildman–Crippen LogP) is 2.70. The van der Waals surface area contributed by atoms with Gasteiger partial charge in [-0.3, -0.25) is 14.6 Å². The number of aromatic nitrogens is 4. The van der Waals surface area contributed by atoms with Crippen LogP contribution in [0.25, 0.3) is 5.95 Å². The van der Waals surface area contributed by atoms with Gasteiger partial charge in [-0.15, -0.1) is 11.8 Å². The number of nitrogens with one attached hydrogen (secondary N) is 2. The van der Waals surface area contributed by atoms with Crippen molar-refractivity contribution in [2.45, 2.75) is 26.0 Å². The van der Waals surface area contributed by atoms with Crippen LogP contribution in [0.15, 0.2) is 47.3 Å². The van der Waals surface area contributed by atoms with E-state index in [1.165, 1.54) is 28.1 Å². The summed E-state index contributed by atoms with van der Waals surface area (Å²) >= 11 is 1.54. The van der Waals surface area contributed by atoms with E-state index in [1.54, 1.807) is 6.07 Å². The van der Waals surface area contributed by atoms with Gasteiger partial charge in [0.1, 0.15) is 5.82 Å². The van der Waals surface area contributed by atoms with Gasteiger partial charge in [-0.1, -0.05) is 37.3 Å². The van der Waals surface area contributed by atoms with E-state index >= 15 is 0 Å². The highest BCUT2D eigenvalue weighted by Crippen LogP contribution is 2.16. The van der Waals surface area contributed by atoms with Gasteiger partial charge in [0.15, 0.2) is 0 Å². The first-order chi connectivity index (χ1) is 13.0. The fourth-order valence-electron chi connectivity index (χ4n) is 2.54. The number of hydrogen-bond acceptors (Lipinski definition) is 5. The van der Waals surface area contributed by atoms with Gasteiger partial charge in [0.2, 0.25) is 11.9 Å². The fraction of sp³-hybridized carbons (Fsp3) is 0.263. The quantitative estimate of drug-likeness (QED) is 0.654. The van der Waals surface area contributed by atoms with Crippen molar-refractivity contribution in [3.05, 3.63) is 69.8 Å². The highest BCUT2D eigenvalue weighted by atomic mass is 32.2. The number of anilines is 1. The number of carbonyl (C=O) groups is 1. The van der Waals surface area contributed by atoms with Crippen molar-refractivity contribution in [3.8, 4) is 5.95 Å². The SMILES string of the molecule is CCc1cc(=O)[nH]c(-n2nc(C)cc2NC(=O)CSCc2ccccc2)n1. The van der Waals surface area contributed by atoms with Crippen molar-refractivity contribution in [1.29, 1.82) is 0 Å². The summed E-state index contributed by atoms with van der Waals surface area (Å²) in [7, 11) is 0. The topological polar surface area (TPSA) is 92.7 Å². The van der Waals surface area contributed by atoms with Crippen LogP contribution >= 0.6 is 11.8 Å². The normalized spacial score (nSPS) is 10.7. The number of thioether (sulfide) groups is 1. The van der Waals surface area contributed by atoms with E-state index in [4.69, 9.17) is 0 Å². The third kappa shape index (κ3) is 5.07. The molecule has 1 amide bonds. The van der Waals surface area contributed by atoms with Crippen LogP contribution in [-0.2, 0) is 17.0 Å². The molecule has 0 atom stereocenters.